The summed E-state index contributed by atoms with van der Waals surface area (Å²) in [5.74, 6) is -1.77. The minimum atomic E-state index is -0.891. The molecule has 0 saturated carbocycles. The van der Waals surface area contributed by atoms with E-state index in [9.17, 15) is 8.78 Å². The van der Waals surface area contributed by atoms with Gasteiger partial charge in [0.2, 0.25) is 0 Å². The first-order chi connectivity index (χ1) is 9.13. The molecule has 2 aromatic carbocycles. The zero-order valence-corrected chi connectivity index (χ0v) is 10.7. The number of nitrogens with two attached hydrogens (primary N) is 1. The van der Waals surface area contributed by atoms with Crippen LogP contribution in [0.25, 0.3) is 0 Å². The van der Waals surface area contributed by atoms with E-state index in [-0.39, 0.29) is 11.4 Å². The van der Waals surface area contributed by atoms with Gasteiger partial charge < -0.3 is 10.6 Å². The van der Waals surface area contributed by atoms with Gasteiger partial charge in [-0.1, -0.05) is 30.3 Å². The summed E-state index contributed by atoms with van der Waals surface area (Å²) in [4.78, 5) is 1.73. The summed E-state index contributed by atoms with van der Waals surface area (Å²) >= 11 is 0. The summed E-state index contributed by atoms with van der Waals surface area (Å²) in [7, 11) is 0. The molecule has 0 aliphatic heterocycles. The summed E-state index contributed by atoms with van der Waals surface area (Å²) in [5, 5.41) is 0. The van der Waals surface area contributed by atoms with Crippen LogP contribution >= 0.6 is 0 Å². The van der Waals surface area contributed by atoms with Crippen molar-refractivity contribution in [2.75, 3.05) is 17.2 Å². The summed E-state index contributed by atoms with van der Waals surface area (Å²) in [6.45, 7) is 2.91. The fraction of sp³-hybridized carbons (Fsp3) is 0.200. The van der Waals surface area contributed by atoms with Gasteiger partial charge >= 0.3 is 0 Å². The van der Waals surface area contributed by atoms with E-state index in [1.54, 1.807) is 4.90 Å². The molecule has 2 N–H and O–H groups in total. The van der Waals surface area contributed by atoms with Gasteiger partial charge in [-0.25, -0.2) is 8.78 Å². The average Bonchev–Trinajstić information content (AvgIpc) is 2.43. The van der Waals surface area contributed by atoms with E-state index in [0.29, 0.717) is 13.1 Å². The molecule has 4 heteroatoms. The van der Waals surface area contributed by atoms with Crippen LogP contribution < -0.4 is 10.6 Å². The molecule has 0 unspecified atom stereocenters. The van der Waals surface area contributed by atoms with Crippen LogP contribution in [0.4, 0.5) is 20.2 Å². The van der Waals surface area contributed by atoms with E-state index in [0.717, 1.165) is 11.6 Å². The Morgan fingerprint density at radius 1 is 1.05 bits per heavy atom. The molecule has 2 nitrogen and oxygen atoms in total. The van der Waals surface area contributed by atoms with Crippen molar-refractivity contribution in [3.63, 3.8) is 0 Å². The van der Waals surface area contributed by atoms with Crippen molar-refractivity contribution >= 4 is 11.4 Å². The second-order valence-electron chi connectivity index (χ2n) is 4.30. The van der Waals surface area contributed by atoms with Crippen molar-refractivity contribution in [1.82, 2.24) is 0 Å². The lowest BCUT2D eigenvalue weighted by atomic mass is 10.1. The van der Waals surface area contributed by atoms with E-state index >= 15 is 0 Å². The fourth-order valence-electron chi connectivity index (χ4n) is 2.03. The Morgan fingerprint density at radius 2 is 1.74 bits per heavy atom. The van der Waals surface area contributed by atoms with Crippen LogP contribution in [0.5, 0.6) is 0 Å². The molecule has 0 spiro atoms. The first-order valence-corrected chi connectivity index (χ1v) is 6.15. The Morgan fingerprint density at radius 3 is 2.37 bits per heavy atom. The van der Waals surface area contributed by atoms with E-state index in [1.165, 1.54) is 6.07 Å². The Kier molecular flexibility index (Phi) is 4.00. The van der Waals surface area contributed by atoms with Crippen LogP contribution in [0, 0.1) is 11.6 Å². The molecule has 100 valence electrons. The number of benzene rings is 2. The molecule has 0 saturated heterocycles. The van der Waals surface area contributed by atoms with Gasteiger partial charge in [-0.2, -0.15) is 0 Å². The molecule has 0 aliphatic rings. The SMILES string of the molecule is CCN(Cc1ccccc1)c1c(N)ccc(F)c1F. The highest BCUT2D eigenvalue weighted by Gasteiger charge is 2.17. The van der Waals surface area contributed by atoms with Crippen LogP contribution in [0.2, 0.25) is 0 Å². The highest BCUT2D eigenvalue weighted by Crippen LogP contribution is 2.29. The standard InChI is InChI=1S/C15H16F2N2/c1-2-19(10-11-6-4-3-5-7-11)15-13(18)9-8-12(16)14(15)17/h3-9H,2,10,18H2,1H3. The van der Waals surface area contributed by atoms with Crippen LogP contribution in [0.1, 0.15) is 12.5 Å². The highest BCUT2D eigenvalue weighted by molar-refractivity contribution is 5.68. The highest BCUT2D eigenvalue weighted by atomic mass is 19.2. The van der Waals surface area contributed by atoms with Crippen molar-refractivity contribution in [2.24, 2.45) is 0 Å². The number of hydrogen-bond donors (Lipinski definition) is 1. The van der Waals surface area contributed by atoms with Crippen LogP contribution in [-0.4, -0.2) is 6.54 Å². The number of rotatable bonds is 4. The van der Waals surface area contributed by atoms with Gasteiger partial charge in [0.15, 0.2) is 11.6 Å². The number of nitrogen functional groups attached to an aromatic ring is 1. The average molecular weight is 262 g/mol. The maximum atomic E-state index is 13.9. The lowest BCUT2D eigenvalue weighted by Gasteiger charge is -2.25. The smallest absolute Gasteiger partial charge is 0.184 e. The summed E-state index contributed by atoms with van der Waals surface area (Å²) in [6, 6.07) is 12.1. The maximum Gasteiger partial charge on any atom is 0.184 e. The second-order valence-corrected chi connectivity index (χ2v) is 4.30. The van der Waals surface area contributed by atoms with Gasteiger partial charge in [0.05, 0.1) is 11.4 Å². The van der Waals surface area contributed by atoms with Crippen LogP contribution in [0.15, 0.2) is 42.5 Å². The Balaban J connectivity index is 2.35. The Hall–Kier alpha value is -2.10. The van der Waals surface area contributed by atoms with Gasteiger partial charge in [0.25, 0.3) is 0 Å². The molecule has 2 rings (SSSR count). The molecule has 0 amide bonds. The minimum Gasteiger partial charge on any atom is -0.397 e. The van der Waals surface area contributed by atoms with Crippen molar-refractivity contribution in [3.8, 4) is 0 Å². The fourth-order valence-corrected chi connectivity index (χ4v) is 2.03. The predicted octanol–water partition coefficient (Wildman–Crippen LogP) is 3.57. The number of hydrogen-bond acceptors (Lipinski definition) is 2. The minimum absolute atomic E-state index is 0.131. The third-order valence-corrected chi connectivity index (χ3v) is 3.01. The van der Waals surface area contributed by atoms with Crippen molar-refractivity contribution < 1.29 is 8.78 Å². The molecule has 2 aromatic rings. The molecule has 0 atom stereocenters. The first-order valence-electron chi connectivity index (χ1n) is 6.15. The molecule has 0 radical (unpaired) electrons. The molecule has 0 heterocycles. The normalized spacial score (nSPS) is 10.5. The van der Waals surface area contributed by atoms with Crippen molar-refractivity contribution in [1.29, 1.82) is 0 Å². The second kappa shape index (κ2) is 5.69. The third-order valence-electron chi connectivity index (χ3n) is 3.01. The zero-order valence-electron chi connectivity index (χ0n) is 10.7. The Bertz CT molecular complexity index is 556. The Labute approximate surface area is 111 Å². The third kappa shape index (κ3) is 2.84. The largest absolute Gasteiger partial charge is 0.397 e. The monoisotopic (exact) mass is 262 g/mol. The summed E-state index contributed by atoms with van der Waals surface area (Å²) in [6.07, 6.45) is 0. The molecule has 0 fully saturated rings. The molecule has 19 heavy (non-hydrogen) atoms. The summed E-state index contributed by atoms with van der Waals surface area (Å²) in [5.41, 5.74) is 7.17. The van der Waals surface area contributed by atoms with E-state index in [1.807, 2.05) is 37.3 Å². The lowest BCUT2D eigenvalue weighted by molar-refractivity contribution is 0.506. The molecule has 0 aromatic heterocycles. The quantitative estimate of drug-likeness (QED) is 0.853. The molecular formula is C15H16F2N2. The van der Waals surface area contributed by atoms with Gasteiger partial charge in [0, 0.05) is 13.1 Å². The van der Waals surface area contributed by atoms with Gasteiger partial charge in [0.1, 0.15) is 0 Å². The van der Waals surface area contributed by atoms with E-state index in [4.69, 9.17) is 5.73 Å². The lowest BCUT2D eigenvalue weighted by Crippen LogP contribution is -2.24. The number of halogens is 2. The van der Waals surface area contributed by atoms with E-state index in [2.05, 4.69) is 0 Å². The topological polar surface area (TPSA) is 29.3 Å². The van der Waals surface area contributed by atoms with Crippen molar-refractivity contribution in [3.05, 3.63) is 59.7 Å². The molecule has 0 bridgehead atoms. The maximum absolute atomic E-state index is 13.9. The molecule has 0 aliphatic carbocycles. The number of anilines is 2. The first kappa shape index (κ1) is 13.3. The van der Waals surface area contributed by atoms with Gasteiger partial charge in [-0.3, -0.25) is 0 Å². The van der Waals surface area contributed by atoms with Crippen LogP contribution in [-0.2, 0) is 6.54 Å². The van der Waals surface area contributed by atoms with E-state index < -0.39 is 11.6 Å². The predicted molar refractivity (Wildman–Crippen MR) is 73.9 cm³/mol. The van der Waals surface area contributed by atoms with Crippen LogP contribution in [0.3, 0.4) is 0 Å². The number of nitrogens with zero attached hydrogens (tertiary/aromatic N) is 1. The van der Waals surface area contributed by atoms with Gasteiger partial charge in [-0.15, -0.1) is 0 Å². The van der Waals surface area contributed by atoms with Gasteiger partial charge in [-0.05, 0) is 24.6 Å². The summed E-state index contributed by atoms with van der Waals surface area (Å²) < 4.78 is 27.2. The molecular weight excluding hydrogens is 246 g/mol. The zero-order chi connectivity index (χ0) is 13.8. The van der Waals surface area contributed by atoms with Crippen molar-refractivity contribution in [2.45, 2.75) is 13.5 Å².